The van der Waals surface area contributed by atoms with Crippen molar-refractivity contribution in [3.8, 4) is 6.07 Å². The van der Waals surface area contributed by atoms with Gasteiger partial charge in [0.05, 0.1) is 21.3 Å². The van der Waals surface area contributed by atoms with E-state index in [9.17, 15) is 10.1 Å². The molecular weight excluding hydrogens is 440 g/mol. The van der Waals surface area contributed by atoms with E-state index in [0.717, 1.165) is 51.4 Å². The fourth-order valence-electron chi connectivity index (χ4n) is 4.54. The predicted octanol–water partition coefficient (Wildman–Crippen LogP) is 7.02. The highest BCUT2D eigenvalue weighted by Gasteiger charge is 2.28. The van der Waals surface area contributed by atoms with E-state index >= 15 is 0 Å². The minimum atomic E-state index is -0.976. The van der Waals surface area contributed by atoms with Crippen molar-refractivity contribution < 1.29 is 9.90 Å². The van der Waals surface area contributed by atoms with E-state index in [4.69, 9.17) is 5.11 Å². The van der Waals surface area contributed by atoms with Crippen molar-refractivity contribution in [2.45, 2.75) is 19.3 Å². The number of hydrogen-bond donors (Lipinski definition) is 1. The minimum absolute atomic E-state index is 0.418. The molecule has 166 valence electrons. The lowest BCUT2D eigenvalue weighted by Crippen LogP contribution is -2.15. The van der Waals surface area contributed by atoms with Crippen molar-refractivity contribution in [3.05, 3.63) is 106 Å². The molecule has 0 unspecified atom stereocenters. The third kappa shape index (κ3) is 4.16. The van der Waals surface area contributed by atoms with Crippen LogP contribution in [0.5, 0.6) is 0 Å². The van der Waals surface area contributed by atoms with Crippen LogP contribution in [-0.2, 0) is 4.79 Å². The molecule has 5 heteroatoms. The maximum absolute atomic E-state index is 10.9. The highest BCUT2D eigenvalue weighted by atomic mass is 32.1. The lowest BCUT2D eigenvalue weighted by molar-refractivity contribution is -0.131. The molecule has 0 aliphatic heterocycles. The molecule has 4 aromatic rings. The van der Waals surface area contributed by atoms with Crippen molar-refractivity contribution >= 4 is 44.7 Å². The fourth-order valence-corrected chi connectivity index (χ4v) is 5.22. The minimum Gasteiger partial charge on any atom is -0.478 e. The standard InChI is InChI=1S/C29H22N2O2S/c30-17-24-23(14-15-25-29(24)31-18-34-25)28(22-12-9-19(10-13-22)11-16-26(32)33)27(21-7-4-8-21)20-5-2-1-3-6-20/h1-3,5-6,9-16,18,21H,4,7-8H2,(H,32,33). The summed E-state index contributed by atoms with van der Waals surface area (Å²) >= 11 is 1.54. The summed E-state index contributed by atoms with van der Waals surface area (Å²) in [7, 11) is 0. The van der Waals surface area contributed by atoms with E-state index in [1.807, 2.05) is 36.4 Å². The molecule has 1 N–H and O–H groups in total. The van der Waals surface area contributed by atoms with Crippen LogP contribution in [0, 0.1) is 17.2 Å². The summed E-state index contributed by atoms with van der Waals surface area (Å²) in [5.41, 5.74) is 9.30. The number of fused-ring (bicyclic) bond motifs is 1. The normalized spacial score (nSPS) is 14.6. The van der Waals surface area contributed by atoms with Crippen LogP contribution >= 0.6 is 11.3 Å². The first kappa shape index (κ1) is 21.8. The predicted molar refractivity (Wildman–Crippen MR) is 137 cm³/mol. The van der Waals surface area contributed by atoms with Gasteiger partial charge in [-0.05, 0) is 58.7 Å². The van der Waals surface area contributed by atoms with Crippen molar-refractivity contribution in [3.63, 3.8) is 0 Å². The summed E-state index contributed by atoms with van der Waals surface area (Å²) in [5, 5.41) is 19.1. The zero-order valence-electron chi connectivity index (χ0n) is 18.4. The zero-order valence-corrected chi connectivity index (χ0v) is 19.3. The van der Waals surface area contributed by atoms with Gasteiger partial charge in [-0.2, -0.15) is 5.26 Å². The smallest absolute Gasteiger partial charge is 0.328 e. The van der Waals surface area contributed by atoms with Gasteiger partial charge >= 0.3 is 5.97 Å². The van der Waals surface area contributed by atoms with Crippen LogP contribution < -0.4 is 0 Å². The van der Waals surface area contributed by atoms with Gasteiger partial charge in [-0.25, -0.2) is 9.78 Å². The van der Waals surface area contributed by atoms with Gasteiger partial charge in [0.2, 0.25) is 0 Å². The number of rotatable bonds is 6. The van der Waals surface area contributed by atoms with Gasteiger partial charge in [0.1, 0.15) is 6.07 Å². The Morgan fingerprint density at radius 3 is 2.44 bits per heavy atom. The number of aliphatic carboxylic acids is 1. The van der Waals surface area contributed by atoms with Crippen LogP contribution in [0.2, 0.25) is 0 Å². The van der Waals surface area contributed by atoms with Crippen molar-refractivity contribution in [1.29, 1.82) is 5.26 Å². The highest BCUT2D eigenvalue weighted by molar-refractivity contribution is 7.16. The first-order valence-electron chi connectivity index (χ1n) is 11.2. The third-order valence-electron chi connectivity index (χ3n) is 6.37. The topological polar surface area (TPSA) is 74.0 Å². The van der Waals surface area contributed by atoms with Crippen LogP contribution in [0.4, 0.5) is 0 Å². The van der Waals surface area contributed by atoms with E-state index in [1.165, 1.54) is 28.9 Å². The van der Waals surface area contributed by atoms with Crippen molar-refractivity contribution in [1.82, 2.24) is 4.98 Å². The van der Waals surface area contributed by atoms with Gasteiger partial charge in [-0.3, -0.25) is 0 Å². The van der Waals surface area contributed by atoms with E-state index in [2.05, 4.69) is 41.4 Å². The van der Waals surface area contributed by atoms with Crippen LogP contribution in [0.1, 0.15) is 47.1 Å². The SMILES string of the molecule is N#Cc1c(C(=C(c2ccccc2)C2CCC2)c2ccc(C=CC(=O)O)cc2)ccc2scnc12. The Labute approximate surface area is 202 Å². The molecule has 0 bridgehead atoms. The molecule has 5 rings (SSSR count). The van der Waals surface area contributed by atoms with Crippen molar-refractivity contribution in [2.75, 3.05) is 0 Å². The monoisotopic (exact) mass is 462 g/mol. The summed E-state index contributed by atoms with van der Waals surface area (Å²) in [6.07, 6.45) is 6.16. The van der Waals surface area contributed by atoms with E-state index in [1.54, 1.807) is 11.6 Å². The second kappa shape index (κ2) is 9.46. The lowest BCUT2D eigenvalue weighted by Gasteiger charge is -2.32. The molecule has 1 aliphatic rings. The van der Waals surface area contributed by atoms with Gasteiger partial charge in [0, 0.05) is 11.6 Å². The molecule has 0 saturated heterocycles. The zero-order chi connectivity index (χ0) is 23.5. The quantitative estimate of drug-likeness (QED) is 0.247. The Morgan fingerprint density at radius 2 is 1.79 bits per heavy atom. The molecule has 1 aromatic heterocycles. The van der Waals surface area contributed by atoms with E-state index in [0.29, 0.717) is 11.5 Å². The molecule has 0 radical (unpaired) electrons. The number of aromatic nitrogens is 1. The molecule has 34 heavy (non-hydrogen) atoms. The number of nitriles is 1. The van der Waals surface area contributed by atoms with Crippen LogP contribution in [0.25, 0.3) is 27.4 Å². The molecule has 0 atom stereocenters. The number of allylic oxidation sites excluding steroid dienone is 1. The lowest BCUT2D eigenvalue weighted by atomic mass is 9.72. The molecule has 1 heterocycles. The van der Waals surface area contributed by atoms with Crippen LogP contribution in [0.3, 0.4) is 0 Å². The summed E-state index contributed by atoms with van der Waals surface area (Å²) in [4.78, 5) is 15.4. The molecule has 4 nitrogen and oxygen atoms in total. The average molecular weight is 463 g/mol. The second-order valence-electron chi connectivity index (χ2n) is 8.38. The number of hydrogen-bond acceptors (Lipinski definition) is 4. The molecule has 0 spiro atoms. The van der Waals surface area contributed by atoms with Gasteiger partial charge < -0.3 is 5.11 Å². The van der Waals surface area contributed by atoms with E-state index < -0.39 is 5.97 Å². The molecular formula is C29H22N2O2S. The van der Waals surface area contributed by atoms with Gasteiger partial charge in [-0.15, -0.1) is 11.3 Å². The Balaban J connectivity index is 1.78. The number of carboxylic acid groups (broad SMARTS) is 1. The molecule has 1 saturated carbocycles. The summed E-state index contributed by atoms with van der Waals surface area (Å²) in [5.74, 6) is -0.558. The molecule has 1 fully saturated rings. The largest absolute Gasteiger partial charge is 0.478 e. The number of thiazole rings is 1. The van der Waals surface area contributed by atoms with E-state index in [-0.39, 0.29) is 0 Å². The number of nitrogens with zero attached hydrogens (tertiary/aromatic N) is 2. The molecule has 3 aromatic carbocycles. The Kier molecular flexibility index (Phi) is 6.07. The second-order valence-corrected chi connectivity index (χ2v) is 9.26. The number of benzene rings is 3. The first-order chi connectivity index (χ1) is 16.7. The highest BCUT2D eigenvalue weighted by Crippen LogP contribution is 2.46. The van der Waals surface area contributed by atoms with Gasteiger partial charge in [0.25, 0.3) is 0 Å². The Morgan fingerprint density at radius 1 is 1.03 bits per heavy atom. The average Bonchev–Trinajstić information content (AvgIpc) is 3.31. The number of carbonyl (C=O) groups is 1. The molecule has 0 amide bonds. The third-order valence-corrected chi connectivity index (χ3v) is 7.16. The van der Waals surface area contributed by atoms with Crippen molar-refractivity contribution in [2.24, 2.45) is 5.92 Å². The summed E-state index contributed by atoms with van der Waals surface area (Å²) < 4.78 is 0.999. The van der Waals surface area contributed by atoms with Crippen LogP contribution in [0.15, 0.2) is 78.3 Å². The van der Waals surface area contributed by atoms with Gasteiger partial charge in [0.15, 0.2) is 0 Å². The molecule has 1 aliphatic carbocycles. The fraction of sp³-hybridized carbons (Fsp3) is 0.138. The Hall–Kier alpha value is -4.01. The summed E-state index contributed by atoms with van der Waals surface area (Å²) in [6.45, 7) is 0. The maximum atomic E-state index is 10.9. The first-order valence-corrected chi connectivity index (χ1v) is 12.1. The summed E-state index contributed by atoms with van der Waals surface area (Å²) in [6, 6.07) is 24.8. The number of carboxylic acids is 1. The van der Waals surface area contributed by atoms with Gasteiger partial charge in [-0.1, -0.05) is 67.1 Å². The maximum Gasteiger partial charge on any atom is 0.328 e. The van der Waals surface area contributed by atoms with Crippen LogP contribution in [-0.4, -0.2) is 16.1 Å². The Bertz CT molecular complexity index is 1450.